The molecule has 2 aromatic rings. The number of benzene rings is 1. The SMILES string of the molecule is CCOc1ccc(N)cc1S(=O)(=O)NCc1ccsc1. The Hall–Kier alpha value is -1.57. The molecule has 20 heavy (non-hydrogen) atoms. The maximum Gasteiger partial charge on any atom is 0.244 e. The summed E-state index contributed by atoms with van der Waals surface area (Å²) in [6.07, 6.45) is 0. The van der Waals surface area contributed by atoms with Gasteiger partial charge in [-0.2, -0.15) is 11.3 Å². The molecule has 0 aliphatic heterocycles. The zero-order chi connectivity index (χ0) is 14.6. The Morgan fingerprint density at radius 3 is 2.80 bits per heavy atom. The molecule has 0 fully saturated rings. The number of sulfonamides is 1. The van der Waals surface area contributed by atoms with E-state index in [0.29, 0.717) is 18.0 Å². The molecule has 7 heteroatoms. The van der Waals surface area contributed by atoms with Gasteiger partial charge in [0, 0.05) is 12.2 Å². The number of hydrogen-bond donors (Lipinski definition) is 2. The van der Waals surface area contributed by atoms with Gasteiger partial charge in [0.2, 0.25) is 10.0 Å². The largest absolute Gasteiger partial charge is 0.492 e. The Kier molecular flexibility index (Phi) is 4.64. The second-order valence-corrected chi connectivity index (χ2v) is 6.61. The van der Waals surface area contributed by atoms with Gasteiger partial charge in [0.25, 0.3) is 0 Å². The minimum absolute atomic E-state index is 0.0644. The van der Waals surface area contributed by atoms with Gasteiger partial charge in [-0.1, -0.05) is 0 Å². The number of thiophene rings is 1. The third-order valence-electron chi connectivity index (χ3n) is 2.60. The summed E-state index contributed by atoms with van der Waals surface area (Å²) in [6, 6.07) is 6.46. The highest BCUT2D eigenvalue weighted by atomic mass is 32.2. The van der Waals surface area contributed by atoms with Crippen molar-refractivity contribution in [2.45, 2.75) is 18.4 Å². The Morgan fingerprint density at radius 1 is 1.35 bits per heavy atom. The van der Waals surface area contributed by atoms with Crippen molar-refractivity contribution < 1.29 is 13.2 Å². The van der Waals surface area contributed by atoms with Crippen LogP contribution in [-0.2, 0) is 16.6 Å². The number of nitrogens with one attached hydrogen (secondary N) is 1. The lowest BCUT2D eigenvalue weighted by molar-refractivity contribution is 0.331. The van der Waals surface area contributed by atoms with Gasteiger partial charge in [-0.25, -0.2) is 13.1 Å². The van der Waals surface area contributed by atoms with Crippen LogP contribution in [0.4, 0.5) is 5.69 Å². The first-order valence-electron chi connectivity index (χ1n) is 6.06. The van der Waals surface area contributed by atoms with Crippen molar-refractivity contribution in [1.29, 1.82) is 0 Å². The number of ether oxygens (including phenoxy) is 1. The maximum absolute atomic E-state index is 12.3. The summed E-state index contributed by atoms with van der Waals surface area (Å²) in [4.78, 5) is 0.0644. The zero-order valence-electron chi connectivity index (χ0n) is 11.0. The van der Waals surface area contributed by atoms with E-state index in [1.807, 2.05) is 16.8 Å². The van der Waals surface area contributed by atoms with Crippen LogP contribution in [-0.4, -0.2) is 15.0 Å². The van der Waals surface area contributed by atoms with Crippen LogP contribution in [0.3, 0.4) is 0 Å². The van der Waals surface area contributed by atoms with Gasteiger partial charge in [-0.05, 0) is 47.5 Å². The lowest BCUT2D eigenvalue weighted by atomic mass is 10.3. The molecular weight excluding hydrogens is 296 g/mol. The summed E-state index contributed by atoms with van der Waals surface area (Å²) in [5, 5.41) is 3.79. The molecule has 0 saturated heterocycles. The van der Waals surface area contributed by atoms with Crippen molar-refractivity contribution in [2.75, 3.05) is 12.3 Å². The summed E-state index contributed by atoms with van der Waals surface area (Å²) in [5.41, 5.74) is 6.96. The van der Waals surface area contributed by atoms with Gasteiger partial charge < -0.3 is 10.5 Å². The highest BCUT2D eigenvalue weighted by Crippen LogP contribution is 2.26. The van der Waals surface area contributed by atoms with Crippen molar-refractivity contribution in [3.63, 3.8) is 0 Å². The van der Waals surface area contributed by atoms with E-state index in [0.717, 1.165) is 5.56 Å². The number of anilines is 1. The quantitative estimate of drug-likeness (QED) is 0.801. The standard InChI is InChI=1S/C13H16N2O3S2/c1-2-18-12-4-3-11(14)7-13(12)20(16,17)15-8-10-5-6-19-9-10/h3-7,9,15H,2,8,14H2,1H3. The van der Waals surface area contributed by atoms with E-state index < -0.39 is 10.0 Å². The number of nitrogens with two attached hydrogens (primary N) is 1. The van der Waals surface area contributed by atoms with Crippen LogP contribution < -0.4 is 15.2 Å². The van der Waals surface area contributed by atoms with E-state index in [2.05, 4.69) is 4.72 Å². The van der Waals surface area contributed by atoms with Gasteiger partial charge in [0.05, 0.1) is 6.61 Å². The first-order valence-corrected chi connectivity index (χ1v) is 8.48. The highest BCUT2D eigenvalue weighted by molar-refractivity contribution is 7.89. The van der Waals surface area contributed by atoms with Crippen molar-refractivity contribution in [1.82, 2.24) is 4.72 Å². The van der Waals surface area contributed by atoms with Crippen molar-refractivity contribution in [2.24, 2.45) is 0 Å². The number of rotatable bonds is 6. The third-order valence-corrected chi connectivity index (χ3v) is 4.76. The molecule has 0 amide bonds. The van der Waals surface area contributed by atoms with E-state index >= 15 is 0 Å². The number of nitrogen functional groups attached to an aromatic ring is 1. The lowest BCUT2D eigenvalue weighted by Gasteiger charge is -2.12. The monoisotopic (exact) mass is 312 g/mol. The Bertz CT molecular complexity index is 667. The first kappa shape index (κ1) is 14.8. The summed E-state index contributed by atoms with van der Waals surface area (Å²) in [5.74, 6) is 0.305. The maximum atomic E-state index is 12.3. The van der Waals surface area contributed by atoms with Crippen molar-refractivity contribution in [3.8, 4) is 5.75 Å². The molecule has 0 atom stereocenters. The van der Waals surface area contributed by atoms with Crippen LogP contribution >= 0.6 is 11.3 Å². The predicted octanol–water partition coefficient (Wildman–Crippen LogP) is 2.21. The predicted molar refractivity (Wildman–Crippen MR) is 80.4 cm³/mol. The Balaban J connectivity index is 2.26. The fraction of sp³-hybridized carbons (Fsp3) is 0.231. The molecule has 0 saturated carbocycles. The summed E-state index contributed by atoms with van der Waals surface area (Å²) < 4.78 is 32.6. The van der Waals surface area contributed by atoms with Crippen LogP contribution in [0, 0.1) is 0 Å². The smallest absolute Gasteiger partial charge is 0.244 e. The van der Waals surface area contributed by atoms with E-state index in [1.54, 1.807) is 19.1 Å². The van der Waals surface area contributed by atoms with E-state index in [-0.39, 0.29) is 11.4 Å². The Labute approximate surface area is 122 Å². The summed E-state index contributed by atoms with van der Waals surface area (Å²) in [6.45, 7) is 2.43. The molecule has 2 rings (SSSR count). The third kappa shape index (κ3) is 3.50. The second kappa shape index (κ2) is 6.25. The van der Waals surface area contributed by atoms with Gasteiger partial charge >= 0.3 is 0 Å². The molecule has 0 unspecified atom stereocenters. The molecule has 3 N–H and O–H groups in total. The second-order valence-electron chi connectivity index (χ2n) is 4.10. The van der Waals surface area contributed by atoms with Crippen LogP contribution in [0.15, 0.2) is 39.9 Å². The molecule has 0 aliphatic rings. The molecule has 1 heterocycles. The molecule has 1 aromatic carbocycles. The molecule has 0 radical (unpaired) electrons. The van der Waals surface area contributed by atoms with Crippen LogP contribution in [0.1, 0.15) is 12.5 Å². The average Bonchev–Trinajstić information content (AvgIpc) is 2.92. The summed E-state index contributed by atoms with van der Waals surface area (Å²) in [7, 11) is -3.66. The zero-order valence-corrected chi connectivity index (χ0v) is 12.6. The normalized spacial score (nSPS) is 11.4. The van der Waals surface area contributed by atoms with Crippen molar-refractivity contribution >= 4 is 27.0 Å². The van der Waals surface area contributed by atoms with Crippen LogP contribution in [0.2, 0.25) is 0 Å². The molecule has 0 bridgehead atoms. The fourth-order valence-electron chi connectivity index (χ4n) is 1.66. The number of hydrogen-bond acceptors (Lipinski definition) is 5. The molecule has 0 aliphatic carbocycles. The molecule has 0 spiro atoms. The minimum Gasteiger partial charge on any atom is -0.492 e. The molecule has 1 aromatic heterocycles. The van der Waals surface area contributed by atoms with E-state index in [9.17, 15) is 8.42 Å². The van der Waals surface area contributed by atoms with Crippen molar-refractivity contribution in [3.05, 3.63) is 40.6 Å². The minimum atomic E-state index is -3.66. The van der Waals surface area contributed by atoms with Crippen LogP contribution in [0.5, 0.6) is 5.75 Å². The van der Waals surface area contributed by atoms with Crippen LogP contribution in [0.25, 0.3) is 0 Å². The molecule has 5 nitrogen and oxygen atoms in total. The van der Waals surface area contributed by atoms with Gasteiger partial charge in [0.15, 0.2) is 0 Å². The van der Waals surface area contributed by atoms with E-state index in [4.69, 9.17) is 10.5 Å². The van der Waals surface area contributed by atoms with Gasteiger partial charge in [0.1, 0.15) is 10.6 Å². The average molecular weight is 312 g/mol. The summed E-state index contributed by atoms with van der Waals surface area (Å²) >= 11 is 1.52. The fourth-order valence-corrected chi connectivity index (χ4v) is 3.52. The Morgan fingerprint density at radius 2 is 2.15 bits per heavy atom. The lowest BCUT2D eigenvalue weighted by Crippen LogP contribution is -2.23. The van der Waals surface area contributed by atoms with Gasteiger partial charge in [-0.3, -0.25) is 0 Å². The first-order chi connectivity index (χ1) is 9.53. The molecule has 108 valence electrons. The van der Waals surface area contributed by atoms with Gasteiger partial charge in [-0.15, -0.1) is 0 Å². The van der Waals surface area contributed by atoms with E-state index in [1.165, 1.54) is 17.4 Å². The highest BCUT2D eigenvalue weighted by Gasteiger charge is 2.19. The molecular formula is C13H16N2O3S2. The topological polar surface area (TPSA) is 81.4 Å².